The maximum Gasteiger partial charge on any atom is 0.231 e. The SMILES string of the molecule is NC(CSc1cc(F)ccc1F)c1ccc2c(c1)OCO2. The van der Waals surface area contributed by atoms with Gasteiger partial charge in [0.1, 0.15) is 11.6 Å². The molecule has 2 aromatic carbocycles. The molecule has 1 atom stereocenters. The smallest absolute Gasteiger partial charge is 0.231 e. The van der Waals surface area contributed by atoms with Gasteiger partial charge in [0.05, 0.1) is 0 Å². The van der Waals surface area contributed by atoms with Crippen molar-refractivity contribution in [3.8, 4) is 11.5 Å². The van der Waals surface area contributed by atoms with Crippen LogP contribution in [0.5, 0.6) is 11.5 Å². The quantitative estimate of drug-likeness (QED) is 0.878. The minimum atomic E-state index is -0.462. The van der Waals surface area contributed by atoms with E-state index in [9.17, 15) is 8.78 Å². The van der Waals surface area contributed by atoms with Gasteiger partial charge in [-0.05, 0) is 35.9 Å². The lowest BCUT2D eigenvalue weighted by Gasteiger charge is -2.12. The van der Waals surface area contributed by atoms with Crippen molar-refractivity contribution in [3.63, 3.8) is 0 Å². The number of halogens is 2. The van der Waals surface area contributed by atoms with Crippen LogP contribution in [0.1, 0.15) is 11.6 Å². The molecule has 2 N–H and O–H groups in total. The standard InChI is InChI=1S/C15H13F2NO2S/c16-10-2-3-11(17)15(6-10)21-7-12(18)9-1-4-13-14(5-9)20-8-19-13/h1-6,12H,7-8,18H2. The molecule has 0 aliphatic carbocycles. The molecule has 0 radical (unpaired) electrons. The van der Waals surface area contributed by atoms with Gasteiger partial charge in [0.2, 0.25) is 6.79 Å². The van der Waals surface area contributed by atoms with Crippen molar-refractivity contribution < 1.29 is 18.3 Å². The van der Waals surface area contributed by atoms with Gasteiger partial charge in [-0.1, -0.05) is 6.07 Å². The Labute approximate surface area is 125 Å². The summed E-state index contributed by atoms with van der Waals surface area (Å²) < 4.78 is 37.2. The van der Waals surface area contributed by atoms with Crippen LogP contribution in [0, 0.1) is 11.6 Å². The Bertz CT molecular complexity index is 666. The minimum absolute atomic E-state index is 0.206. The number of hydrogen-bond acceptors (Lipinski definition) is 4. The van der Waals surface area contributed by atoms with Crippen molar-refractivity contribution in [2.24, 2.45) is 5.73 Å². The molecule has 21 heavy (non-hydrogen) atoms. The summed E-state index contributed by atoms with van der Waals surface area (Å²) in [6.45, 7) is 0.206. The normalized spacial score (nSPS) is 14.2. The van der Waals surface area contributed by atoms with Gasteiger partial charge in [0, 0.05) is 16.7 Å². The fraction of sp³-hybridized carbons (Fsp3) is 0.200. The maximum atomic E-state index is 13.5. The minimum Gasteiger partial charge on any atom is -0.454 e. The molecule has 0 fully saturated rings. The lowest BCUT2D eigenvalue weighted by atomic mass is 10.1. The molecular weight excluding hydrogens is 296 g/mol. The van der Waals surface area contributed by atoms with E-state index in [0.29, 0.717) is 17.3 Å². The first-order chi connectivity index (χ1) is 10.1. The fourth-order valence-electron chi connectivity index (χ4n) is 2.01. The second kappa shape index (κ2) is 5.91. The van der Waals surface area contributed by atoms with Gasteiger partial charge in [0.15, 0.2) is 11.5 Å². The topological polar surface area (TPSA) is 44.5 Å². The lowest BCUT2D eigenvalue weighted by molar-refractivity contribution is 0.174. The number of benzene rings is 2. The summed E-state index contributed by atoms with van der Waals surface area (Å²) in [6.07, 6.45) is 0. The molecule has 3 nitrogen and oxygen atoms in total. The van der Waals surface area contributed by atoms with Crippen LogP contribution in [-0.4, -0.2) is 12.5 Å². The Morgan fingerprint density at radius 1 is 1.10 bits per heavy atom. The number of hydrogen-bond donors (Lipinski definition) is 1. The highest BCUT2D eigenvalue weighted by Gasteiger charge is 2.16. The Hall–Kier alpha value is -1.79. The van der Waals surface area contributed by atoms with Gasteiger partial charge >= 0.3 is 0 Å². The predicted octanol–water partition coefficient (Wildman–Crippen LogP) is 3.49. The van der Waals surface area contributed by atoms with Gasteiger partial charge in [0.25, 0.3) is 0 Å². The van der Waals surface area contributed by atoms with E-state index in [1.54, 1.807) is 6.07 Å². The molecule has 110 valence electrons. The van der Waals surface area contributed by atoms with Crippen LogP contribution in [0.25, 0.3) is 0 Å². The number of thioether (sulfide) groups is 1. The fourth-order valence-corrected chi connectivity index (χ4v) is 2.96. The Morgan fingerprint density at radius 2 is 1.90 bits per heavy atom. The number of ether oxygens (including phenoxy) is 2. The summed E-state index contributed by atoms with van der Waals surface area (Å²) >= 11 is 1.19. The maximum absolute atomic E-state index is 13.5. The Kier molecular flexibility index (Phi) is 3.98. The molecule has 0 saturated heterocycles. The highest BCUT2D eigenvalue weighted by molar-refractivity contribution is 7.99. The monoisotopic (exact) mass is 309 g/mol. The van der Waals surface area contributed by atoms with Crippen LogP contribution in [-0.2, 0) is 0 Å². The molecule has 1 unspecified atom stereocenters. The highest BCUT2D eigenvalue weighted by atomic mass is 32.2. The van der Waals surface area contributed by atoms with Crippen LogP contribution in [0.3, 0.4) is 0 Å². The zero-order chi connectivity index (χ0) is 14.8. The van der Waals surface area contributed by atoms with Crippen LogP contribution in [0.4, 0.5) is 8.78 Å². The average Bonchev–Trinajstić information content (AvgIpc) is 2.95. The molecule has 1 aliphatic heterocycles. The van der Waals surface area contributed by atoms with E-state index < -0.39 is 11.6 Å². The zero-order valence-electron chi connectivity index (χ0n) is 11.0. The summed E-state index contributed by atoms with van der Waals surface area (Å²) in [7, 11) is 0. The molecule has 0 spiro atoms. The largest absolute Gasteiger partial charge is 0.454 e. The third kappa shape index (κ3) is 3.11. The van der Waals surface area contributed by atoms with Crippen molar-refractivity contribution in [2.45, 2.75) is 10.9 Å². The van der Waals surface area contributed by atoms with E-state index in [4.69, 9.17) is 15.2 Å². The molecule has 1 aliphatic rings. The van der Waals surface area contributed by atoms with Gasteiger partial charge < -0.3 is 15.2 Å². The summed E-state index contributed by atoms with van der Waals surface area (Å²) in [4.78, 5) is 0.256. The predicted molar refractivity (Wildman–Crippen MR) is 76.6 cm³/mol. The van der Waals surface area contributed by atoms with Crippen molar-refractivity contribution in [1.82, 2.24) is 0 Å². The number of rotatable bonds is 4. The zero-order valence-corrected chi connectivity index (χ0v) is 11.8. The first-order valence-corrected chi connectivity index (χ1v) is 7.35. The third-order valence-electron chi connectivity index (χ3n) is 3.14. The van der Waals surface area contributed by atoms with E-state index in [1.807, 2.05) is 12.1 Å². The van der Waals surface area contributed by atoms with Crippen molar-refractivity contribution in [1.29, 1.82) is 0 Å². The summed E-state index contributed by atoms with van der Waals surface area (Å²) in [5.41, 5.74) is 6.96. The third-order valence-corrected chi connectivity index (χ3v) is 4.29. The lowest BCUT2D eigenvalue weighted by Crippen LogP contribution is -2.13. The average molecular weight is 309 g/mol. The first kappa shape index (κ1) is 14.2. The number of fused-ring (bicyclic) bond motifs is 1. The van der Waals surface area contributed by atoms with Crippen LogP contribution < -0.4 is 15.2 Å². The van der Waals surface area contributed by atoms with E-state index in [0.717, 1.165) is 17.7 Å². The molecule has 0 bridgehead atoms. The Morgan fingerprint density at radius 3 is 2.76 bits per heavy atom. The second-order valence-corrected chi connectivity index (χ2v) is 5.67. The van der Waals surface area contributed by atoms with Crippen molar-refractivity contribution >= 4 is 11.8 Å². The summed E-state index contributed by atoms with van der Waals surface area (Å²) in [5, 5.41) is 0. The van der Waals surface area contributed by atoms with Gasteiger partial charge in [-0.25, -0.2) is 8.78 Å². The van der Waals surface area contributed by atoms with Crippen LogP contribution in [0.15, 0.2) is 41.3 Å². The second-order valence-electron chi connectivity index (χ2n) is 4.60. The summed E-state index contributed by atoms with van der Waals surface area (Å²) in [6, 6.07) is 8.53. The first-order valence-electron chi connectivity index (χ1n) is 6.36. The van der Waals surface area contributed by atoms with E-state index in [-0.39, 0.29) is 17.7 Å². The van der Waals surface area contributed by atoms with E-state index in [1.165, 1.54) is 17.8 Å². The molecule has 0 amide bonds. The molecular formula is C15H13F2NO2S. The Balaban J connectivity index is 1.69. The van der Waals surface area contributed by atoms with Gasteiger partial charge in [-0.3, -0.25) is 0 Å². The van der Waals surface area contributed by atoms with Crippen LogP contribution >= 0.6 is 11.8 Å². The van der Waals surface area contributed by atoms with Crippen LogP contribution in [0.2, 0.25) is 0 Å². The molecule has 0 saturated carbocycles. The molecule has 0 aromatic heterocycles. The van der Waals surface area contributed by atoms with E-state index >= 15 is 0 Å². The van der Waals surface area contributed by atoms with Gasteiger partial charge in [-0.2, -0.15) is 0 Å². The number of nitrogens with two attached hydrogens (primary N) is 1. The van der Waals surface area contributed by atoms with Crippen molar-refractivity contribution in [3.05, 3.63) is 53.6 Å². The summed E-state index contributed by atoms with van der Waals surface area (Å²) in [5.74, 6) is 0.870. The highest BCUT2D eigenvalue weighted by Crippen LogP contribution is 2.35. The van der Waals surface area contributed by atoms with Crippen molar-refractivity contribution in [2.75, 3.05) is 12.5 Å². The molecule has 6 heteroatoms. The molecule has 1 heterocycles. The molecule has 2 aromatic rings. The van der Waals surface area contributed by atoms with E-state index in [2.05, 4.69) is 0 Å². The van der Waals surface area contributed by atoms with Gasteiger partial charge in [-0.15, -0.1) is 11.8 Å². The molecule has 3 rings (SSSR count).